The predicted octanol–water partition coefficient (Wildman–Crippen LogP) is 2.82. The predicted molar refractivity (Wildman–Crippen MR) is 89.0 cm³/mol. The molecule has 1 aliphatic carbocycles. The van der Waals surface area contributed by atoms with E-state index in [2.05, 4.69) is 19.2 Å². The Morgan fingerprint density at radius 3 is 2.59 bits per heavy atom. The number of ether oxygens (including phenoxy) is 1. The van der Waals surface area contributed by atoms with Gasteiger partial charge in [-0.2, -0.15) is 0 Å². The second-order valence-corrected chi connectivity index (χ2v) is 6.47. The summed E-state index contributed by atoms with van der Waals surface area (Å²) < 4.78 is 5.57. The Morgan fingerprint density at radius 2 is 1.95 bits per heavy atom. The molecule has 2 unspecified atom stereocenters. The van der Waals surface area contributed by atoms with E-state index in [1.54, 1.807) is 0 Å². The van der Waals surface area contributed by atoms with Crippen molar-refractivity contribution < 1.29 is 9.53 Å². The molecular formula is C18H28N2O2. The minimum absolute atomic E-state index is 0.0571. The van der Waals surface area contributed by atoms with Crippen LogP contribution in [0.2, 0.25) is 0 Å². The van der Waals surface area contributed by atoms with Gasteiger partial charge in [-0.25, -0.2) is 0 Å². The molecule has 2 atom stereocenters. The van der Waals surface area contributed by atoms with E-state index < -0.39 is 0 Å². The van der Waals surface area contributed by atoms with Gasteiger partial charge in [0.2, 0.25) is 0 Å². The van der Waals surface area contributed by atoms with Gasteiger partial charge in [-0.15, -0.1) is 0 Å². The zero-order chi connectivity index (χ0) is 15.9. The number of nitrogens with one attached hydrogen (secondary N) is 1. The van der Waals surface area contributed by atoms with Gasteiger partial charge < -0.3 is 15.8 Å². The van der Waals surface area contributed by atoms with Crippen LogP contribution in [0.1, 0.15) is 51.0 Å². The van der Waals surface area contributed by atoms with E-state index in [1.165, 1.54) is 18.4 Å². The third-order valence-electron chi connectivity index (χ3n) is 4.47. The number of rotatable bonds is 6. The van der Waals surface area contributed by atoms with Crippen LogP contribution >= 0.6 is 0 Å². The summed E-state index contributed by atoms with van der Waals surface area (Å²) in [6.07, 6.45) is 4.52. The topological polar surface area (TPSA) is 64.3 Å². The van der Waals surface area contributed by atoms with Crippen LogP contribution in [0.4, 0.5) is 0 Å². The van der Waals surface area contributed by atoms with Crippen molar-refractivity contribution >= 4 is 5.91 Å². The lowest BCUT2D eigenvalue weighted by molar-refractivity contribution is -0.124. The summed E-state index contributed by atoms with van der Waals surface area (Å²) in [5, 5.41) is 3.08. The zero-order valence-corrected chi connectivity index (χ0v) is 13.7. The summed E-state index contributed by atoms with van der Waals surface area (Å²) in [6.45, 7) is 5.01. The fourth-order valence-electron chi connectivity index (χ4n) is 3.03. The molecule has 1 amide bonds. The molecule has 0 heterocycles. The number of amides is 1. The van der Waals surface area contributed by atoms with Gasteiger partial charge in [-0.05, 0) is 48.9 Å². The van der Waals surface area contributed by atoms with Gasteiger partial charge in [0.25, 0.3) is 5.91 Å². The van der Waals surface area contributed by atoms with Gasteiger partial charge in [0, 0.05) is 6.04 Å². The van der Waals surface area contributed by atoms with E-state index in [0.29, 0.717) is 18.4 Å². The summed E-state index contributed by atoms with van der Waals surface area (Å²) in [5.74, 6) is 1.58. The number of hydrogen-bond donors (Lipinski definition) is 2. The maximum atomic E-state index is 12.0. The standard InChI is InChI=1S/C18H28N2O2/c1-13(2)14-7-9-16(10-8-14)22-12-18(21)20-17-6-4-3-5-15(17)11-19/h7-10,13,15,17H,3-6,11-12,19H2,1-2H3,(H,20,21). The smallest absolute Gasteiger partial charge is 0.258 e. The lowest BCUT2D eigenvalue weighted by Crippen LogP contribution is -2.46. The molecule has 1 saturated carbocycles. The summed E-state index contributed by atoms with van der Waals surface area (Å²) in [6, 6.07) is 8.14. The fourth-order valence-corrected chi connectivity index (χ4v) is 3.03. The molecule has 0 radical (unpaired) electrons. The molecule has 2 rings (SSSR count). The van der Waals surface area contributed by atoms with E-state index in [9.17, 15) is 4.79 Å². The third kappa shape index (κ3) is 4.73. The Morgan fingerprint density at radius 1 is 1.27 bits per heavy atom. The lowest BCUT2D eigenvalue weighted by atomic mass is 9.84. The monoisotopic (exact) mass is 304 g/mol. The maximum absolute atomic E-state index is 12.0. The Labute approximate surface area is 133 Å². The largest absolute Gasteiger partial charge is 0.484 e. The molecule has 1 aromatic carbocycles. The van der Waals surface area contributed by atoms with Gasteiger partial charge in [-0.3, -0.25) is 4.79 Å². The van der Waals surface area contributed by atoms with E-state index in [-0.39, 0.29) is 18.6 Å². The average molecular weight is 304 g/mol. The summed E-state index contributed by atoms with van der Waals surface area (Å²) >= 11 is 0. The van der Waals surface area contributed by atoms with Gasteiger partial charge in [0.15, 0.2) is 6.61 Å². The molecular weight excluding hydrogens is 276 g/mol. The van der Waals surface area contributed by atoms with Crippen LogP contribution in [0, 0.1) is 5.92 Å². The molecule has 4 heteroatoms. The third-order valence-corrected chi connectivity index (χ3v) is 4.47. The summed E-state index contributed by atoms with van der Waals surface area (Å²) in [4.78, 5) is 12.0. The highest BCUT2D eigenvalue weighted by Gasteiger charge is 2.25. The van der Waals surface area contributed by atoms with Crippen molar-refractivity contribution in [1.29, 1.82) is 0 Å². The Kier molecular flexibility index (Phi) is 6.25. The quantitative estimate of drug-likeness (QED) is 0.849. The SMILES string of the molecule is CC(C)c1ccc(OCC(=O)NC2CCCCC2CN)cc1. The average Bonchev–Trinajstić information content (AvgIpc) is 2.54. The Bertz CT molecular complexity index is 470. The first-order valence-electron chi connectivity index (χ1n) is 8.32. The first kappa shape index (κ1) is 16.8. The molecule has 0 aromatic heterocycles. The van der Waals surface area contributed by atoms with Gasteiger partial charge >= 0.3 is 0 Å². The fraction of sp³-hybridized carbons (Fsp3) is 0.611. The molecule has 0 bridgehead atoms. The van der Waals surface area contributed by atoms with Crippen LogP contribution in [-0.2, 0) is 4.79 Å². The normalized spacial score (nSPS) is 21.6. The van der Waals surface area contributed by atoms with Crippen LogP contribution in [0.5, 0.6) is 5.75 Å². The number of carbonyl (C=O) groups excluding carboxylic acids is 1. The van der Waals surface area contributed by atoms with E-state index in [1.807, 2.05) is 24.3 Å². The van der Waals surface area contributed by atoms with Crippen molar-refractivity contribution in [2.75, 3.05) is 13.2 Å². The molecule has 0 aliphatic heterocycles. The van der Waals surface area contributed by atoms with Crippen LogP contribution in [-0.4, -0.2) is 25.1 Å². The number of nitrogens with two attached hydrogens (primary N) is 1. The summed E-state index contributed by atoms with van der Waals surface area (Å²) in [7, 11) is 0. The van der Waals surface area contributed by atoms with Crippen molar-refractivity contribution in [2.24, 2.45) is 11.7 Å². The van der Waals surface area contributed by atoms with Gasteiger partial charge in [-0.1, -0.05) is 38.8 Å². The maximum Gasteiger partial charge on any atom is 0.258 e. The molecule has 122 valence electrons. The molecule has 1 fully saturated rings. The minimum Gasteiger partial charge on any atom is -0.484 e. The molecule has 1 aromatic rings. The van der Waals surface area contributed by atoms with E-state index >= 15 is 0 Å². The van der Waals surface area contributed by atoms with Crippen LogP contribution in [0.15, 0.2) is 24.3 Å². The van der Waals surface area contributed by atoms with E-state index in [4.69, 9.17) is 10.5 Å². The van der Waals surface area contributed by atoms with Gasteiger partial charge in [0.05, 0.1) is 0 Å². The van der Waals surface area contributed by atoms with Crippen molar-refractivity contribution in [2.45, 2.75) is 51.5 Å². The molecule has 1 aliphatic rings. The zero-order valence-electron chi connectivity index (χ0n) is 13.7. The highest BCUT2D eigenvalue weighted by atomic mass is 16.5. The first-order chi connectivity index (χ1) is 10.6. The molecule has 3 N–H and O–H groups in total. The van der Waals surface area contributed by atoms with Crippen molar-refractivity contribution in [3.63, 3.8) is 0 Å². The molecule has 4 nitrogen and oxygen atoms in total. The minimum atomic E-state index is -0.0571. The Hall–Kier alpha value is -1.55. The number of benzene rings is 1. The Balaban J connectivity index is 1.79. The van der Waals surface area contributed by atoms with Crippen molar-refractivity contribution in [1.82, 2.24) is 5.32 Å². The van der Waals surface area contributed by atoms with Crippen LogP contribution < -0.4 is 15.8 Å². The van der Waals surface area contributed by atoms with E-state index in [0.717, 1.165) is 18.6 Å². The van der Waals surface area contributed by atoms with Crippen LogP contribution in [0.25, 0.3) is 0 Å². The molecule has 22 heavy (non-hydrogen) atoms. The summed E-state index contributed by atoms with van der Waals surface area (Å²) in [5.41, 5.74) is 7.06. The van der Waals surface area contributed by atoms with Gasteiger partial charge in [0.1, 0.15) is 5.75 Å². The second kappa shape index (κ2) is 8.18. The number of hydrogen-bond acceptors (Lipinski definition) is 3. The highest BCUT2D eigenvalue weighted by Crippen LogP contribution is 2.23. The lowest BCUT2D eigenvalue weighted by Gasteiger charge is -2.31. The van der Waals surface area contributed by atoms with Crippen molar-refractivity contribution in [3.8, 4) is 5.75 Å². The first-order valence-corrected chi connectivity index (χ1v) is 8.32. The molecule has 0 spiro atoms. The van der Waals surface area contributed by atoms with Crippen LogP contribution in [0.3, 0.4) is 0 Å². The number of carbonyl (C=O) groups is 1. The highest BCUT2D eigenvalue weighted by molar-refractivity contribution is 5.77. The molecule has 0 saturated heterocycles. The second-order valence-electron chi connectivity index (χ2n) is 6.47. The van der Waals surface area contributed by atoms with Crippen molar-refractivity contribution in [3.05, 3.63) is 29.8 Å².